The van der Waals surface area contributed by atoms with Crippen molar-refractivity contribution in [3.63, 3.8) is 0 Å². The average Bonchev–Trinajstić information content (AvgIpc) is 2.81. The Balaban J connectivity index is 1.77. The number of carbonyl (C=O) groups excluding carboxylic acids is 2. The zero-order valence-electron chi connectivity index (χ0n) is 19.5. The van der Waals surface area contributed by atoms with Gasteiger partial charge in [-0.05, 0) is 47.9 Å². The number of hydrogen-bond donors (Lipinski definition) is 2. The van der Waals surface area contributed by atoms with Crippen molar-refractivity contribution >= 4 is 33.2 Å². The van der Waals surface area contributed by atoms with Crippen molar-refractivity contribution in [1.29, 1.82) is 0 Å². The average molecular weight is 480 g/mol. The maximum absolute atomic E-state index is 12.8. The van der Waals surface area contributed by atoms with Crippen molar-refractivity contribution < 1.29 is 18.0 Å². The van der Waals surface area contributed by atoms with Crippen LogP contribution in [0.15, 0.2) is 78.9 Å². The van der Waals surface area contributed by atoms with Gasteiger partial charge >= 0.3 is 0 Å². The number of benzene rings is 3. The lowest BCUT2D eigenvalue weighted by Crippen LogP contribution is -2.29. The summed E-state index contributed by atoms with van der Waals surface area (Å²) in [6.45, 7) is 4.72. The van der Waals surface area contributed by atoms with E-state index in [-0.39, 0.29) is 12.5 Å². The lowest BCUT2D eigenvalue weighted by molar-refractivity contribution is 0.0950. The van der Waals surface area contributed by atoms with Crippen LogP contribution in [0, 0.1) is 5.92 Å². The summed E-state index contributed by atoms with van der Waals surface area (Å²) in [4.78, 5) is 25.4. The minimum Gasteiger partial charge on any atom is -0.352 e. The lowest BCUT2D eigenvalue weighted by Gasteiger charge is -2.22. The zero-order valence-corrected chi connectivity index (χ0v) is 20.3. The van der Waals surface area contributed by atoms with Crippen molar-refractivity contribution in [2.45, 2.75) is 20.4 Å². The fourth-order valence-electron chi connectivity index (χ4n) is 3.30. The van der Waals surface area contributed by atoms with Gasteiger partial charge in [0.15, 0.2) is 0 Å². The molecule has 178 valence electrons. The number of nitrogens with one attached hydrogen (secondary N) is 2. The number of para-hydroxylation sites is 1. The van der Waals surface area contributed by atoms with Crippen LogP contribution in [0.5, 0.6) is 0 Å². The molecule has 8 heteroatoms. The van der Waals surface area contributed by atoms with Crippen molar-refractivity contribution in [1.82, 2.24) is 5.32 Å². The van der Waals surface area contributed by atoms with E-state index in [0.29, 0.717) is 35.0 Å². The summed E-state index contributed by atoms with van der Waals surface area (Å²) < 4.78 is 26.1. The minimum atomic E-state index is -3.54. The van der Waals surface area contributed by atoms with E-state index in [9.17, 15) is 18.0 Å². The number of carbonyl (C=O) groups is 2. The molecule has 0 saturated heterocycles. The fraction of sp³-hybridized carbons (Fsp3) is 0.231. The summed E-state index contributed by atoms with van der Waals surface area (Å²) in [6.07, 6.45) is 1.15. The highest BCUT2D eigenvalue weighted by molar-refractivity contribution is 7.92. The quantitative estimate of drug-likeness (QED) is 0.479. The molecule has 3 aromatic rings. The molecule has 0 spiro atoms. The van der Waals surface area contributed by atoms with Gasteiger partial charge in [0, 0.05) is 12.1 Å². The number of nitrogens with zero attached hydrogens (tertiary/aromatic N) is 1. The molecule has 0 saturated carbocycles. The molecule has 0 aliphatic rings. The van der Waals surface area contributed by atoms with Gasteiger partial charge in [-0.1, -0.05) is 56.3 Å². The molecule has 7 nitrogen and oxygen atoms in total. The highest BCUT2D eigenvalue weighted by Gasteiger charge is 2.19. The van der Waals surface area contributed by atoms with E-state index >= 15 is 0 Å². The van der Waals surface area contributed by atoms with Crippen molar-refractivity contribution in [3.8, 4) is 0 Å². The Kier molecular flexibility index (Phi) is 8.07. The molecule has 0 aromatic heterocycles. The van der Waals surface area contributed by atoms with Crippen LogP contribution in [0.2, 0.25) is 0 Å². The molecule has 0 aliphatic heterocycles. The van der Waals surface area contributed by atoms with Crippen LogP contribution in [0.25, 0.3) is 0 Å². The molecule has 3 rings (SSSR count). The first-order valence-corrected chi connectivity index (χ1v) is 12.8. The maximum Gasteiger partial charge on any atom is 0.255 e. The van der Waals surface area contributed by atoms with Gasteiger partial charge in [0.1, 0.15) is 0 Å². The van der Waals surface area contributed by atoms with E-state index in [4.69, 9.17) is 0 Å². The molecule has 0 radical (unpaired) electrons. The topological polar surface area (TPSA) is 95.6 Å². The van der Waals surface area contributed by atoms with Gasteiger partial charge in [-0.25, -0.2) is 8.42 Å². The van der Waals surface area contributed by atoms with Crippen LogP contribution >= 0.6 is 0 Å². The van der Waals surface area contributed by atoms with Crippen LogP contribution in [0.3, 0.4) is 0 Å². The third kappa shape index (κ3) is 6.68. The molecule has 3 aromatic carbocycles. The summed E-state index contributed by atoms with van der Waals surface area (Å²) in [5.74, 6) is -0.355. The minimum absolute atomic E-state index is 0.185. The molecular weight excluding hydrogens is 450 g/mol. The molecule has 0 atom stereocenters. The van der Waals surface area contributed by atoms with Gasteiger partial charge in [-0.3, -0.25) is 13.9 Å². The zero-order chi connectivity index (χ0) is 24.7. The summed E-state index contributed by atoms with van der Waals surface area (Å²) in [6, 6.07) is 22.4. The van der Waals surface area contributed by atoms with Crippen LogP contribution in [0.1, 0.15) is 40.1 Å². The number of hydrogen-bond acceptors (Lipinski definition) is 4. The number of rotatable bonds is 9. The molecular formula is C26H29N3O4S. The van der Waals surface area contributed by atoms with Crippen LogP contribution in [-0.2, 0) is 16.6 Å². The molecule has 0 unspecified atom stereocenters. The lowest BCUT2D eigenvalue weighted by atomic mass is 10.1. The molecule has 2 N–H and O–H groups in total. The molecule has 0 heterocycles. The van der Waals surface area contributed by atoms with Crippen LogP contribution < -0.4 is 14.9 Å². The van der Waals surface area contributed by atoms with Crippen molar-refractivity contribution in [2.75, 3.05) is 22.4 Å². The first kappa shape index (κ1) is 25.0. The van der Waals surface area contributed by atoms with Gasteiger partial charge < -0.3 is 10.6 Å². The Hall–Kier alpha value is -3.65. The molecule has 0 fully saturated rings. The second kappa shape index (κ2) is 11.0. The van der Waals surface area contributed by atoms with E-state index in [1.807, 2.05) is 44.2 Å². The van der Waals surface area contributed by atoms with E-state index < -0.39 is 15.9 Å². The highest BCUT2D eigenvalue weighted by atomic mass is 32.2. The normalized spacial score (nSPS) is 11.2. The largest absolute Gasteiger partial charge is 0.352 e. The standard InChI is InChI=1S/C26H29N3O4S/c1-19(2)17-27-26(31)23-11-7-8-12-24(23)28-25(30)21-13-15-22(16-14-21)29(34(3,32)33)18-20-9-5-4-6-10-20/h4-16,19H,17-18H2,1-3H3,(H,27,31)(H,28,30). The van der Waals surface area contributed by atoms with Crippen LogP contribution in [0.4, 0.5) is 11.4 Å². The smallest absolute Gasteiger partial charge is 0.255 e. The van der Waals surface area contributed by atoms with Gasteiger partial charge in [0.2, 0.25) is 10.0 Å². The Bertz CT molecular complexity index is 1240. The first-order chi connectivity index (χ1) is 16.1. The Morgan fingerprint density at radius 1 is 0.853 bits per heavy atom. The summed E-state index contributed by atoms with van der Waals surface area (Å²) in [5, 5.41) is 5.64. The van der Waals surface area contributed by atoms with Gasteiger partial charge in [-0.15, -0.1) is 0 Å². The van der Waals surface area contributed by atoms with Gasteiger partial charge in [0.25, 0.3) is 11.8 Å². The number of anilines is 2. The predicted molar refractivity (Wildman–Crippen MR) is 135 cm³/mol. The number of amides is 2. The van der Waals surface area contributed by atoms with Crippen molar-refractivity contribution in [3.05, 3.63) is 95.6 Å². The molecule has 0 aliphatic carbocycles. The third-order valence-electron chi connectivity index (χ3n) is 5.08. The van der Waals surface area contributed by atoms with E-state index in [2.05, 4.69) is 10.6 Å². The summed E-state index contributed by atoms with van der Waals surface area (Å²) in [7, 11) is -3.54. The second-order valence-electron chi connectivity index (χ2n) is 8.41. The molecule has 34 heavy (non-hydrogen) atoms. The second-order valence-corrected chi connectivity index (χ2v) is 10.3. The Morgan fingerprint density at radius 2 is 1.47 bits per heavy atom. The fourth-order valence-corrected chi connectivity index (χ4v) is 4.19. The monoisotopic (exact) mass is 479 g/mol. The summed E-state index contributed by atoms with van der Waals surface area (Å²) >= 11 is 0. The highest BCUT2D eigenvalue weighted by Crippen LogP contribution is 2.22. The number of sulfonamides is 1. The van der Waals surface area contributed by atoms with Crippen molar-refractivity contribution in [2.24, 2.45) is 5.92 Å². The third-order valence-corrected chi connectivity index (χ3v) is 6.22. The van der Waals surface area contributed by atoms with Gasteiger partial charge in [-0.2, -0.15) is 0 Å². The summed E-state index contributed by atoms with van der Waals surface area (Å²) in [5.41, 5.74) is 2.42. The predicted octanol–water partition coefficient (Wildman–Crippen LogP) is 4.29. The maximum atomic E-state index is 12.8. The Morgan fingerprint density at radius 3 is 2.09 bits per heavy atom. The van der Waals surface area contributed by atoms with E-state index in [1.54, 1.807) is 48.5 Å². The Labute approximate surface area is 200 Å². The van der Waals surface area contributed by atoms with Crippen LogP contribution in [-0.4, -0.2) is 33.0 Å². The molecule has 0 bridgehead atoms. The van der Waals surface area contributed by atoms with Gasteiger partial charge in [0.05, 0.1) is 29.7 Å². The van der Waals surface area contributed by atoms with E-state index in [0.717, 1.165) is 11.8 Å². The first-order valence-electron chi connectivity index (χ1n) is 11.0. The van der Waals surface area contributed by atoms with E-state index in [1.165, 1.54) is 4.31 Å². The SMILES string of the molecule is CC(C)CNC(=O)c1ccccc1NC(=O)c1ccc(N(Cc2ccccc2)S(C)(=O)=O)cc1. The molecule has 2 amide bonds.